The fourth-order valence-corrected chi connectivity index (χ4v) is 3.64. The summed E-state index contributed by atoms with van der Waals surface area (Å²) < 4.78 is 8.10. The first kappa shape index (κ1) is 15.4. The van der Waals surface area contributed by atoms with Crippen LogP contribution in [0, 0.1) is 0 Å². The lowest BCUT2D eigenvalue weighted by molar-refractivity contribution is 0.422. The molecule has 0 N–H and O–H groups in total. The van der Waals surface area contributed by atoms with Crippen LogP contribution in [0.3, 0.4) is 0 Å². The molecular formula is C17H11Cl2N3OS. The van der Waals surface area contributed by atoms with E-state index in [0.717, 1.165) is 26.3 Å². The Bertz CT molecular complexity index is 975. The number of halogens is 2. The Morgan fingerprint density at radius 1 is 1.08 bits per heavy atom. The molecule has 0 amide bonds. The second-order valence-electron chi connectivity index (χ2n) is 5.17. The third-order valence-electron chi connectivity index (χ3n) is 3.49. The zero-order valence-electron chi connectivity index (χ0n) is 12.3. The van der Waals surface area contributed by atoms with Gasteiger partial charge >= 0.3 is 0 Å². The van der Waals surface area contributed by atoms with Gasteiger partial charge in [-0.05, 0) is 12.1 Å². The largest absolute Gasteiger partial charge is 0.355 e. The van der Waals surface area contributed by atoms with Gasteiger partial charge in [0.15, 0.2) is 5.76 Å². The topological polar surface area (TPSA) is 43.9 Å². The van der Waals surface area contributed by atoms with Crippen molar-refractivity contribution >= 4 is 34.5 Å². The summed E-state index contributed by atoms with van der Waals surface area (Å²) in [6.07, 6.45) is 1.79. The van der Waals surface area contributed by atoms with E-state index in [-0.39, 0.29) is 0 Å². The molecule has 4 aromatic rings. The van der Waals surface area contributed by atoms with Crippen LogP contribution < -0.4 is 0 Å². The average Bonchev–Trinajstić information content (AvgIpc) is 3.29. The van der Waals surface area contributed by atoms with Gasteiger partial charge in [-0.25, -0.2) is 4.98 Å². The molecular weight excluding hydrogens is 365 g/mol. The molecule has 120 valence electrons. The van der Waals surface area contributed by atoms with E-state index in [1.807, 2.05) is 53.1 Å². The van der Waals surface area contributed by atoms with Crippen molar-refractivity contribution in [1.82, 2.24) is 14.7 Å². The van der Waals surface area contributed by atoms with E-state index in [9.17, 15) is 0 Å². The van der Waals surface area contributed by atoms with Gasteiger partial charge in [0.25, 0.3) is 0 Å². The minimum absolute atomic E-state index is 0.447. The SMILES string of the molecule is Clc1cn(Cc2cc(-c3ccc(Cl)s3)on2)c(-c2ccccc2)n1. The van der Waals surface area contributed by atoms with Crippen molar-refractivity contribution in [1.29, 1.82) is 0 Å². The number of hydrogen-bond acceptors (Lipinski definition) is 4. The van der Waals surface area contributed by atoms with Crippen LogP contribution in [0.5, 0.6) is 0 Å². The van der Waals surface area contributed by atoms with Crippen molar-refractivity contribution in [2.75, 3.05) is 0 Å². The van der Waals surface area contributed by atoms with Gasteiger partial charge < -0.3 is 9.09 Å². The van der Waals surface area contributed by atoms with Crippen LogP contribution >= 0.6 is 34.5 Å². The Hall–Kier alpha value is -2.08. The number of thiophene rings is 1. The van der Waals surface area contributed by atoms with Crippen LogP contribution in [0.25, 0.3) is 22.0 Å². The highest BCUT2D eigenvalue weighted by atomic mass is 35.5. The van der Waals surface area contributed by atoms with Crippen molar-refractivity contribution in [3.8, 4) is 22.0 Å². The molecule has 0 unspecified atom stereocenters. The lowest BCUT2D eigenvalue weighted by Gasteiger charge is -2.05. The van der Waals surface area contributed by atoms with Gasteiger partial charge in [-0.2, -0.15) is 0 Å². The zero-order valence-corrected chi connectivity index (χ0v) is 14.6. The van der Waals surface area contributed by atoms with Crippen molar-refractivity contribution in [3.05, 3.63) is 69.9 Å². The first-order valence-corrected chi connectivity index (χ1v) is 8.76. The second kappa shape index (κ2) is 6.43. The Morgan fingerprint density at radius 3 is 2.67 bits per heavy atom. The Balaban J connectivity index is 1.64. The van der Waals surface area contributed by atoms with Gasteiger partial charge in [-0.3, -0.25) is 0 Å². The minimum Gasteiger partial charge on any atom is -0.355 e. The lowest BCUT2D eigenvalue weighted by Crippen LogP contribution is -2.01. The molecule has 0 bridgehead atoms. The summed E-state index contributed by atoms with van der Waals surface area (Å²) in [4.78, 5) is 5.35. The van der Waals surface area contributed by atoms with Crippen molar-refractivity contribution in [3.63, 3.8) is 0 Å². The standard InChI is InChI=1S/C17H11Cl2N3OS/c18-15-10-22(17(20-15)11-4-2-1-3-5-11)9-12-8-13(23-21-12)14-6-7-16(19)24-14/h1-8,10H,9H2. The summed E-state index contributed by atoms with van der Waals surface area (Å²) in [6, 6.07) is 15.6. The van der Waals surface area contributed by atoms with Crippen molar-refractivity contribution < 1.29 is 4.52 Å². The summed E-state index contributed by atoms with van der Waals surface area (Å²) in [5.41, 5.74) is 1.79. The molecule has 0 saturated carbocycles. The van der Waals surface area contributed by atoms with Crippen LogP contribution in [-0.4, -0.2) is 14.7 Å². The fraction of sp³-hybridized carbons (Fsp3) is 0.0588. The van der Waals surface area contributed by atoms with E-state index in [1.54, 1.807) is 6.20 Å². The Labute approximate surface area is 152 Å². The summed E-state index contributed by atoms with van der Waals surface area (Å²) in [5.74, 6) is 1.50. The number of benzene rings is 1. The predicted octanol–water partition coefficient (Wildman–Crippen LogP) is 5.62. The monoisotopic (exact) mass is 375 g/mol. The number of nitrogens with zero attached hydrogens (tertiary/aromatic N) is 3. The Morgan fingerprint density at radius 2 is 1.92 bits per heavy atom. The molecule has 0 spiro atoms. The van der Waals surface area contributed by atoms with Gasteiger partial charge in [0.2, 0.25) is 0 Å². The maximum atomic E-state index is 6.10. The molecule has 7 heteroatoms. The van der Waals surface area contributed by atoms with Gasteiger partial charge in [-0.15, -0.1) is 11.3 Å². The molecule has 4 rings (SSSR count). The molecule has 0 fully saturated rings. The molecule has 0 saturated heterocycles. The third-order valence-corrected chi connectivity index (χ3v) is 4.91. The molecule has 0 aliphatic rings. The predicted molar refractivity (Wildman–Crippen MR) is 96.6 cm³/mol. The number of rotatable bonds is 4. The summed E-state index contributed by atoms with van der Waals surface area (Å²) in [5, 5.41) is 4.58. The highest BCUT2D eigenvalue weighted by Crippen LogP contribution is 2.31. The zero-order chi connectivity index (χ0) is 16.5. The molecule has 24 heavy (non-hydrogen) atoms. The number of hydrogen-bond donors (Lipinski definition) is 0. The van der Waals surface area contributed by atoms with E-state index >= 15 is 0 Å². The van der Waals surface area contributed by atoms with E-state index in [1.165, 1.54) is 11.3 Å². The highest BCUT2D eigenvalue weighted by Gasteiger charge is 2.13. The van der Waals surface area contributed by atoms with Crippen molar-refractivity contribution in [2.24, 2.45) is 0 Å². The van der Waals surface area contributed by atoms with Crippen LogP contribution in [0.2, 0.25) is 9.49 Å². The molecule has 0 aliphatic heterocycles. The summed E-state index contributed by atoms with van der Waals surface area (Å²) >= 11 is 13.5. The summed E-state index contributed by atoms with van der Waals surface area (Å²) in [7, 11) is 0. The molecule has 0 radical (unpaired) electrons. The quantitative estimate of drug-likeness (QED) is 0.464. The molecule has 3 heterocycles. The van der Waals surface area contributed by atoms with Crippen LogP contribution in [0.4, 0.5) is 0 Å². The first-order valence-electron chi connectivity index (χ1n) is 7.18. The first-order chi connectivity index (χ1) is 11.7. The molecule has 0 atom stereocenters. The maximum Gasteiger partial charge on any atom is 0.177 e. The van der Waals surface area contributed by atoms with Crippen LogP contribution in [0.15, 0.2) is 59.3 Å². The molecule has 4 nitrogen and oxygen atoms in total. The van der Waals surface area contributed by atoms with Gasteiger partial charge in [0.05, 0.1) is 15.8 Å². The van der Waals surface area contributed by atoms with Gasteiger partial charge in [0, 0.05) is 17.8 Å². The average molecular weight is 376 g/mol. The molecule has 0 aliphatic carbocycles. The van der Waals surface area contributed by atoms with E-state index in [2.05, 4.69) is 10.1 Å². The highest BCUT2D eigenvalue weighted by molar-refractivity contribution is 7.19. The maximum absolute atomic E-state index is 6.10. The number of aromatic nitrogens is 3. The number of imidazole rings is 1. The van der Waals surface area contributed by atoms with E-state index < -0.39 is 0 Å². The normalized spacial score (nSPS) is 11.1. The van der Waals surface area contributed by atoms with E-state index in [4.69, 9.17) is 27.7 Å². The van der Waals surface area contributed by atoms with Crippen molar-refractivity contribution in [2.45, 2.75) is 6.54 Å². The van der Waals surface area contributed by atoms with E-state index in [0.29, 0.717) is 17.5 Å². The van der Waals surface area contributed by atoms with Gasteiger partial charge in [-0.1, -0.05) is 58.7 Å². The molecule has 3 aromatic heterocycles. The summed E-state index contributed by atoms with van der Waals surface area (Å²) in [6.45, 7) is 0.520. The molecule has 1 aromatic carbocycles. The Kier molecular flexibility index (Phi) is 4.14. The lowest BCUT2D eigenvalue weighted by atomic mass is 10.2. The third kappa shape index (κ3) is 3.11. The van der Waals surface area contributed by atoms with Crippen LogP contribution in [0.1, 0.15) is 5.69 Å². The second-order valence-corrected chi connectivity index (χ2v) is 7.27. The fourth-order valence-electron chi connectivity index (χ4n) is 2.45. The minimum atomic E-state index is 0.447. The van der Waals surface area contributed by atoms with Gasteiger partial charge in [0.1, 0.15) is 16.7 Å². The van der Waals surface area contributed by atoms with Crippen LogP contribution in [-0.2, 0) is 6.54 Å². The smallest absolute Gasteiger partial charge is 0.177 e.